The predicted octanol–water partition coefficient (Wildman–Crippen LogP) is 0.209. The summed E-state index contributed by atoms with van der Waals surface area (Å²) >= 11 is 0. The van der Waals surface area contributed by atoms with E-state index in [2.05, 4.69) is 14.9 Å². The highest BCUT2D eigenvalue weighted by Crippen LogP contribution is 2.29. The molecule has 0 bridgehead atoms. The molecule has 0 spiro atoms. The van der Waals surface area contributed by atoms with Crippen LogP contribution in [0.2, 0.25) is 0 Å². The number of hydrogen-bond donors (Lipinski definition) is 2. The van der Waals surface area contributed by atoms with Crippen molar-refractivity contribution < 1.29 is 27.4 Å². The van der Waals surface area contributed by atoms with E-state index in [0.717, 1.165) is 39.3 Å². The molecule has 0 saturated carbocycles. The van der Waals surface area contributed by atoms with Gasteiger partial charge in [-0.1, -0.05) is 0 Å². The third-order valence-electron chi connectivity index (χ3n) is 4.44. The number of sulfonamides is 1. The van der Waals surface area contributed by atoms with Crippen molar-refractivity contribution >= 4 is 15.9 Å². The second-order valence-corrected chi connectivity index (χ2v) is 8.17. The monoisotopic (exact) mass is 415 g/mol. The van der Waals surface area contributed by atoms with Gasteiger partial charge in [0.05, 0.1) is 38.4 Å². The molecule has 0 unspecified atom stereocenters. The van der Waals surface area contributed by atoms with Gasteiger partial charge in [0, 0.05) is 25.7 Å². The first-order valence-corrected chi connectivity index (χ1v) is 10.7. The number of carbonyl (C=O) groups is 1. The fourth-order valence-electron chi connectivity index (χ4n) is 2.83. The summed E-state index contributed by atoms with van der Waals surface area (Å²) in [4.78, 5) is 14.5. The lowest BCUT2D eigenvalue weighted by Crippen LogP contribution is -2.45. The van der Waals surface area contributed by atoms with Crippen molar-refractivity contribution in [2.75, 3.05) is 53.6 Å². The van der Waals surface area contributed by atoms with Crippen LogP contribution in [0.15, 0.2) is 23.1 Å². The number of nitrogens with one attached hydrogen (secondary N) is 2. The lowest BCUT2D eigenvalue weighted by Gasteiger charge is -2.26. The van der Waals surface area contributed by atoms with E-state index < -0.39 is 16.1 Å². The number of methoxy groups -OCH3 is 2. The molecule has 9 nitrogen and oxygen atoms in total. The van der Waals surface area contributed by atoms with E-state index in [1.165, 1.54) is 39.3 Å². The van der Waals surface area contributed by atoms with Crippen LogP contribution in [0.4, 0.5) is 0 Å². The molecule has 0 aliphatic carbocycles. The van der Waals surface area contributed by atoms with E-state index in [0.29, 0.717) is 18.0 Å². The van der Waals surface area contributed by atoms with E-state index in [1.54, 1.807) is 0 Å². The molecule has 0 radical (unpaired) electrons. The maximum Gasteiger partial charge on any atom is 0.241 e. The van der Waals surface area contributed by atoms with E-state index in [-0.39, 0.29) is 10.8 Å². The maximum atomic E-state index is 12.5. The van der Waals surface area contributed by atoms with Gasteiger partial charge < -0.3 is 19.5 Å². The van der Waals surface area contributed by atoms with E-state index in [4.69, 9.17) is 14.2 Å². The lowest BCUT2D eigenvalue weighted by molar-refractivity contribution is -0.122. The summed E-state index contributed by atoms with van der Waals surface area (Å²) < 4.78 is 43.0. The predicted molar refractivity (Wildman–Crippen MR) is 104 cm³/mol. The van der Waals surface area contributed by atoms with Gasteiger partial charge in [0.2, 0.25) is 15.9 Å². The summed E-state index contributed by atoms with van der Waals surface area (Å²) in [6.07, 6.45) is 0.793. The minimum Gasteiger partial charge on any atom is -0.493 e. The third-order valence-corrected chi connectivity index (χ3v) is 5.98. The molecule has 1 fully saturated rings. The normalized spacial score (nSPS) is 16.4. The largest absolute Gasteiger partial charge is 0.493 e. The van der Waals surface area contributed by atoms with Crippen LogP contribution in [0.5, 0.6) is 11.5 Å². The van der Waals surface area contributed by atoms with E-state index >= 15 is 0 Å². The summed E-state index contributed by atoms with van der Waals surface area (Å²) in [5, 5.41) is 2.77. The Morgan fingerprint density at radius 1 is 1.21 bits per heavy atom. The Morgan fingerprint density at radius 2 is 1.89 bits per heavy atom. The van der Waals surface area contributed by atoms with Gasteiger partial charge in [0.1, 0.15) is 0 Å². The average molecular weight is 416 g/mol. The molecule has 2 rings (SSSR count). The van der Waals surface area contributed by atoms with Crippen molar-refractivity contribution in [2.45, 2.75) is 24.3 Å². The molecule has 10 heteroatoms. The van der Waals surface area contributed by atoms with Crippen LogP contribution < -0.4 is 19.5 Å². The molecule has 1 aliphatic rings. The molecule has 2 N–H and O–H groups in total. The molecule has 1 saturated heterocycles. The fourth-order valence-corrected chi connectivity index (χ4v) is 4.05. The first-order chi connectivity index (χ1) is 13.4. The van der Waals surface area contributed by atoms with Gasteiger partial charge >= 0.3 is 0 Å². The van der Waals surface area contributed by atoms with Crippen LogP contribution >= 0.6 is 0 Å². The number of ether oxygens (including phenoxy) is 3. The van der Waals surface area contributed by atoms with Crippen molar-refractivity contribution in [2.24, 2.45) is 0 Å². The molecule has 1 aliphatic heterocycles. The van der Waals surface area contributed by atoms with Crippen LogP contribution in [0.3, 0.4) is 0 Å². The molecular weight excluding hydrogens is 386 g/mol. The molecule has 1 aromatic carbocycles. The zero-order valence-electron chi connectivity index (χ0n) is 16.6. The Kier molecular flexibility index (Phi) is 8.49. The summed E-state index contributed by atoms with van der Waals surface area (Å²) in [6, 6.07) is 3.36. The number of carbonyl (C=O) groups excluding carboxylic acids is 1. The molecule has 158 valence electrons. The number of hydrogen-bond acceptors (Lipinski definition) is 7. The zero-order chi connectivity index (χ0) is 20.6. The van der Waals surface area contributed by atoms with Crippen LogP contribution in [0.1, 0.15) is 13.3 Å². The van der Waals surface area contributed by atoms with Gasteiger partial charge in [-0.05, 0) is 32.0 Å². The first kappa shape index (κ1) is 22.4. The number of amides is 1. The van der Waals surface area contributed by atoms with Crippen LogP contribution in [-0.2, 0) is 19.6 Å². The highest BCUT2D eigenvalue weighted by molar-refractivity contribution is 7.89. The van der Waals surface area contributed by atoms with Gasteiger partial charge in [0.25, 0.3) is 0 Å². The van der Waals surface area contributed by atoms with E-state index in [1.807, 2.05) is 0 Å². The Bertz CT molecular complexity index is 750. The van der Waals surface area contributed by atoms with Gasteiger partial charge in [-0.25, -0.2) is 8.42 Å². The summed E-state index contributed by atoms with van der Waals surface area (Å²) in [6.45, 7) is 6.14. The fraction of sp³-hybridized carbons (Fsp3) is 0.611. The van der Waals surface area contributed by atoms with Gasteiger partial charge in [0.15, 0.2) is 11.5 Å². The molecule has 1 atom stereocenters. The van der Waals surface area contributed by atoms with Gasteiger partial charge in [-0.2, -0.15) is 4.72 Å². The minimum absolute atomic E-state index is 0.00267. The first-order valence-electron chi connectivity index (χ1n) is 9.19. The number of rotatable bonds is 10. The SMILES string of the molecule is COc1ccc(S(=O)(=O)N[C@@H](C)C(=O)NCCCN2CCOCC2)cc1OC. The maximum absolute atomic E-state index is 12.5. The average Bonchev–Trinajstić information content (AvgIpc) is 2.70. The van der Waals surface area contributed by atoms with Gasteiger partial charge in [-0.3, -0.25) is 9.69 Å². The standard InChI is InChI=1S/C18H29N3O6S/c1-14(18(22)19-7-4-8-21-9-11-27-12-10-21)20-28(23,24)15-5-6-16(25-2)17(13-15)26-3/h5-6,13-14,20H,4,7-12H2,1-3H3,(H,19,22)/t14-/m0/s1. The molecule has 28 heavy (non-hydrogen) atoms. The van der Waals surface area contributed by atoms with Crippen molar-refractivity contribution in [1.82, 2.24) is 14.9 Å². The van der Waals surface area contributed by atoms with E-state index in [9.17, 15) is 13.2 Å². The molecule has 0 aromatic heterocycles. The number of nitrogens with zero attached hydrogens (tertiary/aromatic N) is 1. The van der Waals surface area contributed by atoms with Crippen molar-refractivity contribution in [1.29, 1.82) is 0 Å². The van der Waals surface area contributed by atoms with Gasteiger partial charge in [-0.15, -0.1) is 0 Å². The highest BCUT2D eigenvalue weighted by atomic mass is 32.2. The van der Waals surface area contributed by atoms with Crippen LogP contribution in [0.25, 0.3) is 0 Å². The quantitative estimate of drug-likeness (QED) is 0.526. The van der Waals surface area contributed by atoms with Crippen molar-refractivity contribution in [3.63, 3.8) is 0 Å². The van der Waals surface area contributed by atoms with Crippen LogP contribution in [0, 0.1) is 0 Å². The van der Waals surface area contributed by atoms with Crippen LogP contribution in [-0.4, -0.2) is 78.9 Å². The smallest absolute Gasteiger partial charge is 0.241 e. The third kappa shape index (κ3) is 6.33. The minimum atomic E-state index is -3.88. The Balaban J connectivity index is 1.84. The number of morpholine rings is 1. The topological polar surface area (TPSA) is 106 Å². The molecule has 1 amide bonds. The molecule has 1 heterocycles. The number of benzene rings is 1. The molecule has 1 aromatic rings. The Morgan fingerprint density at radius 3 is 2.54 bits per heavy atom. The zero-order valence-corrected chi connectivity index (χ0v) is 17.4. The van der Waals surface area contributed by atoms with Crippen molar-refractivity contribution in [3.05, 3.63) is 18.2 Å². The lowest BCUT2D eigenvalue weighted by atomic mass is 10.3. The van der Waals surface area contributed by atoms with Crippen molar-refractivity contribution in [3.8, 4) is 11.5 Å². The Labute approximate surface area is 166 Å². The molecular formula is C18H29N3O6S. The summed E-state index contributed by atoms with van der Waals surface area (Å²) in [5.74, 6) is 0.351. The Hall–Kier alpha value is -1.88. The second-order valence-electron chi connectivity index (χ2n) is 6.46. The summed E-state index contributed by atoms with van der Waals surface area (Å²) in [7, 11) is -0.985. The summed E-state index contributed by atoms with van der Waals surface area (Å²) in [5.41, 5.74) is 0. The second kappa shape index (κ2) is 10.6. The highest BCUT2D eigenvalue weighted by Gasteiger charge is 2.23.